The first-order chi connectivity index (χ1) is 11.0. The standard InChI is InChI=1S/C15H22N2O6/c1-22-10-7-16-13(18)11-23-12-5-4-9-17(15(12)21)8-3-2-6-14(19)20/h4-5,9H,2-3,6-8,10-11H2,1H3,(H,16,18)(H,19,20). The fourth-order valence-corrected chi connectivity index (χ4v) is 1.85. The number of carbonyl (C=O) groups is 2. The van der Waals surface area contributed by atoms with Crippen molar-refractivity contribution >= 4 is 11.9 Å². The number of nitrogens with zero attached hydrogens (tertiary/aromatic N) is 1. The van der Waals surface area contributed by atoms with Gasteiger partial charge >= 0.3 is 5.97 Å². The number of aromatic nitrogens is 1. The molecule has 0 bridgehead atoms. The lowest BCUT2D eigenvalue weighted by Gasteiger charge is -2.09. The van der Waals surface area contributed by atoms with Crippen molar-refractivity contribution in [2.45, 2.75) is 25.8 Å². The zero-order valence-corrected chi connectivity index (χ0v) is 13.1. The summed E-state index contributed by atoms with van der Waals surface area (Å²) in [5.74, 6) is -1.10. The molecule has 8 heteroatoms. The minimum absolute atomic E-state index is 0.0760. The Balaban J connectivity index is 2.47. The normalized spacial score (nSPS) is 10.3. The van der Waals surface area contributed by atoms with E-state index < -0.39 is 5.97 Å². The average molecular weight is 326 g/mol. The van der Waals surface area contributed by atoms with Crippen molar-refractivity contribution in [2.24, 2.45) is 0 Å². The van der Waals surface area contributed by atoms with Crippen LogP contribution < -0.4 is 15.6 Å². The second-order valence-electron chi connectivity index (χ2n) is 4.85. The molecule has 0 spiro atoms. The minimum atomic E-state index is -0.853. The number of methoxy groups -OCH3 is 1. The van der Waals surface area contributed by atoms with Crippen LogP contribution in [0, 0.1) is 0 Å². The summed E-state index contributed by atoms with van der Waals surface area (Å²) in [7, 11) is 1.53. The Morgan fingerprint density at radius 1 is 1.35 bits per heavy atom. The van der Waals surface area contributed by atoms with Gasteiger partial charge in [0.2, 0.25) is 0 Å². The first-order valence-electron chi connectivity index (χ1n) is 7.34. The van der Waals surface area contributed by atoms with Gasteiger partial charge in [0.1, 0.15) is 0 Å². The van der Waals surface area contributed by atoms with Gasteiger partial charge in [-0.25, -0.2) is 0 Å². The predicted molar refractivity (Wildman–Crippen MR) is 82.6 cm³/mol. The summed E-state index contributed by atoms with van der Waals surface area (Å²) in [6.07, 6.45) is 2.75. The van der Waals surface area contributed by atoms with Gasteiger partial charge in [0.05, 0.1) is 6.61 Å². The molecule has 2 N–H and O–H groups in total. The monoisotopic (exact) mass is 326 g/mol. The molecule has 1 amide bonds. The van der Waals surface area contributed by atoms with E-state index in [1.54, 1.807) is 12.3 Å². The number of nitrogens with one attached hydrogen (secondary N) is 1. The van der Waals surface area contributed by atoms with Crippen molar-refractivity contribution < 1.29 is 24.2 Å². The van der Waals surface area contributed by atoms with Gasteiger partial charge < -0.3 is 24.5 Å². The van der Waals surface area contributed by atoms with Crippen molar-refractivity contribution in [2.75, 3.05) is 26.9 Å². The molecule has 23 heavy (non-hydrogen) atoms. The summed E-state index contributed by atoms with van der Waals surface area (Å²) in [5, 5.41) is 11.2. The molecular formula is C15H22N2O6. The molecule has 0 saturated heterocycles. The van der Waals surface area contributed by atoms with Crippen LogP contribution in [0.1, 0.15) is 19.3 Å². The predicted octanol–water partition coefficient (Wildman–Crippen LogP) is 0.245. The number of ether oxygens (including phenoxy) is 2. The topological polar surface area (TPSA) is 107 Å². The van der Waals surface area contributed by atoms with E-state index in [-0.39, 0.29) is 30.2 Å². The largest absolute Gasteiger partial charge is 0.481 e. The van der Waals surface area contributed by atoms with Gasteiger partial charge in [-0.2, -0.15) is 0 Å². The van der Waals surface area contributed by atoms with Crippen LogP contribution in [-0.4, -0.2) is 48.4 Å². The van der Waals surface area contributed by atoms with Crippen molar-refractivity contribution in [3.8, 4) is 5.75 Å². The fourth-order valence-electron chi connectivity index (χ4n) is 1.85. The van der Waals surface area contributed by atoms with Gasteiger partial charge in [0.25, 0.3) is 11.5 Å². The highest BCUT2D eigenvalue weighted by Gasteiger charge is 2.07. The lowest BCUT2D eigenvalue weighted by Crippen LogP contribution is -2.32. The van der Waals surface area contributed by atoms with E-state index in [1.807, 2.05) is 0 Å². The Hall–Kier alpha value is -2.35. The number of pyridine rings is 1. The third kappa shape index (κ3) is 7.46. The average Bonchev–Trinajstić information content (AvgIpc) is 2.52. The SMILES string of the molecule is COCCNC(=O)COc1cccn(CCCCC(=O)O)c1=O. The van der Waals surface area contributed by atoms with E-state index in [0.717, 1.165) is 0 Å². The molecule has 1 aromatic rings. The highest BCUT2D eigenvalue weighted by atomic mass is 16.5. The number of carboxylic acids is 1. The highest BCUT2D eigenvalue weighted by Crippen LogP contribution is 2.04. The van der Waals surface area contributed by atoms with Crippen LogP contribution in [-0.2, 0) is 20.9 Å². The molecule has 1 heterocycles. The van der Waals surface area contributed by atoms with Crippen LogP contribution in [0.4, 0.5) is 0 Å². The van der Waals surface area contributed by atoms with E-state index in [4.69, 9.17) is 14.6 Å². The van der Waals surface area contributed by atoms with Crippen molar-refractivity contribution in [3.63, 3.8) is 0 Å². The van der Waals surface area contributed by atoms with Crippen molar-refractivity contribution in [3.05, 3.63) is 28.7 Å². The molecule has 0 fully saturated rings. The number of hydrogen-bond donors (Lipinski definition) is 2. The molecule has 0 aliphatic rings. The first kappa shape index (κ1) is 18.7. The summed E-state index contributed by atoms with van der Waals surface area (Å²) in [5.41, 5.74) is -0.340. The van der Waals surface area contributed by atoms with Gasteiger partial charge in [0.15, 0.2) is 12.4 Å². The molecule has 1 aromatic heterocycles. The molecule has 0 atom stereocenters. The molecular weight excluding hydrogens is 304 g/mol. The minimum Gasteiger partial charge on any atom is -0.481 e. The van der Waals surface area contributed by atoms with E-state index in [0.29, 0.717) is 32.5 Å². The molecule has 128 valence electrons. The number of carbonyl (C=O) groups excluding carboxylic acids is 1. The molecule has 0 aromatic carbocycles. The number of amides is 1. The van der Waals surface area contributed by atoms with Crippen LogP contribution in [0.5, 0.6) is 5.75 Å². The van der Waals surface area contributed by atoms with Gasteiger partial charge in [0, 0.05) is 32.8 Å². The number of rotatable bonds is 11. The van der Waals surface area contributed by atoms with Crippen molar-refractivity contribution in [1.29, 1.82) is 0 Å². The third-order valence-corrected chi connectivity index (χ3v) is 3.01. The van der Waals surface area contributed by atoms with Gasteiger partial charge in [-0.1, -0.05) is 0 Å². The Morgan fingerprint density at radius 3 is 2.83 bits per heavy atom. The Morgan fingerprint density at radius 2 is 2.13 bits per heavy atom. The van der Waals surface area contributed by atoms with E-state index in [2.05, 4.69) is 5.32 Å². The molecule has 1 rings (SSSR count). The van der Waals surface area contributed by atoms with Gasteiger partial charge in [-0.05, 0) is 25.0 Å². The summed E-state index contributed by atoms with van der Waals surface area (Å²) in [4.78, 5) is 34.1. The van der Waals surface area contributed by atoms with Crippen molar-refractivity contribution in [1.82, 2.24) is 9.88 Å². The number of carboxylic acid groups (broad SMARTS) is 1. The number of aryl methyl sites for hydroxylation is 1. The van der Waals surface area contributed by atoms with Crippen LogP contribution >= 0.6 is 0 Å². The third-order valence-electron chi connectivity index (χ3n) is 3.01. The lowest BCUT2D eigenvalue weighted by molar-refractivity contribution is -0.137. The molecule has 0 unspecified atom stereocenters. The molecule has 0 saturated carbocycles. The smallest absolute Gasteiger partial charge is 0.303 e. The summed E-state index contributed by atoms with van der Waals surface area (Å²) in [6.45, 7) is 0.937. The quantitative estimate of drug-likeness (QED) is 0.564. The van der Waals surface area contributed by atoms with Gasteiger partial charge in [-0.3, -0.25) is 14.4 Å². The second kappa shape index (κ2) is 10.4. The highest BCUT2D eigenvalue weighted by molar-refractivity contribution is 5.77. The lowest BCUT2D eigenvalue weighted by atomic mass is 10.2. The van der Waals surface area contributed by atoms with Crippen LogP contribution in [0.15, 0.2) is 23.1 Å². The fraction of sp³-hybridized carbons (Fsp3) is 0.533. The van der Waals surface area contributed by atoms with Crippen LogP contribution in [0.25, 0.3) is 0 Å². The van der Waals surface area contributed by atoms with Crippen LogP contribution in [0.3, 0.4) is 0 Å². The first-order valence-corrected chi connectivity index (χ1v) is 7.34. The molecule has 0 radical (unpaired) electrons. The maximum Gasteiger partial charge on any atom is 0.303 e. The Bertz CT molecular complexity index is 569. The van der Waals surface area contributed by atoms with E-state index in [1.165, 1.54) is 17.7 Å². The molecule has 8 nitrogen and oxygen atoms in total. The number of unbranched alkanes of at least 4 members (excludes halogenated alkanes) is 1. The zero-order valence-electron chi connectivity index (χ0n) is 13.1. The Kier molecular flexibility index (Phi) is 8.45. The number of aliphatic carboxylic acids is 1. The van der Waals surface area contributed by atoms with Gasteiger partial charge in [-0.15, -0.1) is 0 Å². The summed E-state index contributed by atoms with van der Waals surface area (Å²) in [6, 6.07) is 3.15. The maximum absolute atomic E-state index is 12.1. The Labute approximate surface area is 134 Å². The summed E-state index contributed by atoms with van der Waals surface area (Å²) >= 11 is 0. The molecule has 0 aliphatic carbocycles. The second-order valence-corrected chi connectivity index (χ2v) is 4.85. The number of hydrogen-bond acceptors (Lipinski definition) is 5. The maximum atomic E-state index is 12.1. The van der Waals surface area contributed by atoms with Crippen LogP contribution in [0.2, 0.25) is 0 Å². The zero-order chi connectivity index (χ0) is 17.1. The molecule has 0 aliphatic heterocycles. The summed E-state index contributed by atoms with van der Waals surface area (Å²) < 4.78 is 11.5. The van der Waals surface area contributed by atoms with E-state index >= 15 is 0 Å². The van der Waals surface area contributed by atoms with E-state index in [9.17, 15) is 14.4 Å².